The van der Waals surface area contributed by atoms with Crippen molar-refractivity contribution in [3.05, 3.63) is 28.7 Å². The van der Waals surface area contributed by atoms with E-state index in [1.807, 2.05) is 38.1 Å². The topological polar surface area (TPSA) is 66.4 Å². The van der Waals surface area contributed by atoms with Crippen LogP contribution in [0.4, 0.5) is 0 Å². The van der Waals surface area contributed by atoms with Gasteiger partial charge in [-0.1, -0.05) is 29.8 Å². The molecule has 0 heterocycles. The van der Waals surface area contributed by atoms with Gasteiger partial charge in [0.2, 0.25) is 5.91 Å². The van der Waals surface area contributed by atoms with Gasteiger partial charge in [-0.15, -0.1) is 11.8 Å². The van der Waals surface area contributed by atoms with Crippen LogP contribution < -0.4 is 5.32 Å². The van der Waals surface area contributed by atoms with Crippen LogP contribution >= 0.6 is 27.7 Å². The molecule has 1 aromatic rings. The van der Waals surface area contributed by atoms with E-state index >= 15 is 0 Å². The molecular weight excluding hydrogens is 342 g/mol. The minimum Gasteiger partial charge on any atom is -0.480 e. The maximum atomic E-state index is 11.8. The summed E-state index contributed by atoms with van der Waals surface area (Å²) in [5.41, 5.74) is 0. The van der Waals surface area contributed by atoms with Crippen LogP contribution in [-0.2, 0) is 9.59 Å². The summed E-state index contributed by atoms with van der Waals surface area (Å²) in [6.07, 6.45) is 0.435. The van der Waals surface area contributed by atoms with E-state index < -0.39 is 12.0 Å². The third-order valence-electron chi connectivity index (χ3n) is 2.52. The highest BCUT2D eigenvalue weighted by Gasteiger charge is 2.20. The minimum absolute atomic E-state index is 0.212. The molecule has 20 heavy (non-hydrogen) atoms. The lowest BCUT2D eigenvalue weighted by atomic mass is 10.0. The zero-order valence-electron chi connectivity index (χ0n) is 11.4. The maximum absolute atomic E-state index is 11.8. The summed E-state index contributed by atoms with van der Waals surface area (Å²) in [6.45, 7) is 3.86. The number of rotatable bonds is 7. The molecule has 0 aliphatic rings. The first kappa shape index (κ1) is 17.0. The Hall–Kier alpha value is -1.01. The van der Waals surface area contributed by atoms with Gasteiger partial charge in [-0.25, -0.2) is 4.79 Å². The van der Waals surface area contributed by atoms with Crippen molar-refractivity contribution >= 4 is 39.6 Å². The Balaban J connectivity index is 2.45. The van der Waals surface area contributed by atoms with Crippen molar-refractivity contribution in [2.24, 2.45) is 5.92 Å². The summed E-state index contributed by atoms with van der Waals surface area (Å²) in [7, 11) is 0. The third kappa shape index (κ3) is 6.43. The van der Waals surface area contributed by atoms with Crippen molar-refractivity contribution in [3.8, 4) is 0 Å². The lowest BCUT2D eigenvalue weighted by Crippen LogP contribution is -2.42. The van der Waals surface area contributed by atoms with Gasteiger partial charge in [-0.05, 0) is 36.6 Å². The fraction of sp³-hybridized carbons (Fsp3) is 0.429. The predicted molar refractivity (Wildman–Crippen MR) is 83.9 cm³/mol. The molecule has 0 aromatic heterocycles. The number of amides is 1. The van der Waals surface area contributed by atoms with Gasteiger partial charge < -0.3 is 10.4 Å². The number of halogens is 1. The molecule has 1 aromatic carbocycles. The van der Waals surface area contributed by atoms with Crippen LogP contribution in [0.2, 0.25) is 0 Å². The summed E-state index contributed by atoms with van der Waals surface area (Å²) in [4.78, 5) is 23.8. The second-order valence-corrected chi connectivity index (χ2v) is 6.79. The molecule has 0 aliphatic carbocycles. The molecule has 0 saturated heterocycles. The number of carboxylic acids is 1. The fourth-order valence-electron chi connectivity index (χ4n) is 1.61. The number of nitrogens with one attached hydrogen (secondary N) is 1. The Kier molecular flexibility index (Phi) is 7.09. The zero-order chi connectivity index (χ0) is 15.1. The van der Waals surface area contributed by atoms with Crippen molar-refractivity contribution < 1.29 is 14.7 Å². The van der Waals surface area contributed by atoms with E-state index in [-0.39, 0.29) is 17.6 Å². The van der Waals surface area contributed by atoms with E-state index in [9.17, 15) is 9.59 Å². The molecule has 4 nitrogen and oxygen atoms in total. The molecule has 110 valence electrons. The van der Waals surface area contributed by atoms with Gasteiger partial charge in [0.15, 0.2) is 0 Å². The van der Waals surface area contributed by atoms with Crippen LogP contribution in [-0.4, -0.2) is 28.8 Å². The van der Waals surface area contributed by atoms with E-state index in [0.29, 0.717) is 6.42 Å². The molecule has 2 N–H and O–H groups in total. The molecule has 1 amide bonds. The monoisotopic (exact) mass is 359 g/mol. The largest absolute Gasteiger partial charge is 0.480 e. The maximum Gasteiger partial charge on any atom is 0.326 e. The molecule has 6 heteroatoms. The summed E-state index contributed by atoms with van der Waals surface area (Å²) in [5, 5.41) is 11.6. The lowest BCUT2D eigenvalue weighted by Gasteiger charge is -2.16. The van der Waals surface area contributed by atoms with E-state index in [1.165, 1.54) is 11.8 Å². The number of thioether (sulfide) groups is 1. The Labute approximate surface area is 131 Å². The van der Waals surface area contributed by atoms with Crippen molar-refractivity contribution in [1.29, 1.82) is 0 Å². The summed E-state index contributed by atoms with van der Waals surface area (Å²) < 4.78 is 0.981. The average molecular weight is 360 g/mol. The Bertz CT molecular complexity index is 462. The second-order valence-electron chi connectivity index (χ2n) is 4.83. The van der Waals surface area contributed by atoms with Crippen LogP contribution in [0.5, 0.6) is 0 Å². The molecule has 1 rings (SSSR count). The molecule has 0 radical (unpaired) electrons. The summed E-state index contributed by atoms with van der Waals surface area (Å²) >= 11 is 4.73. The first-order valence-corrected chi connectivity index (χ1v) is 8.07. The molecule has 0 spiro atoms. The molecular formula is C14H18BrNO3S. The first-order valence-electron chi connectivity index (χ1n) is 6.29. The van der Waals surface area contributed by atoms with Crippen LogP contribution in [0.15, 0.2) is 33.6 Å². The van der Waals surface area contributed by atoms with Crippen molar-refractivity contribution in [1.82, 2.24) is 5.32 Å². The van der Waals surface area contributed by atoms with E-state index in [4.69, 9.17) is 5.11 Å². The van der Waals surface area contributed by atoms with Crippen molar-refractivity contribution in [3.63, 3.8) is 0 Å². The summed E-state index contributed by atoms with van der Waals surface area (Å²) in [5.74, 6) is -0.814. The smallest absolute Gasteiger partial charge is 0.326 e. The highest BCUT2D eigenvalue weighted by molar-refractivity contribution is 9.10. The fourth-order valence-corrected chi connectivity index (χ4v) is 2.58. The van der Waals surface area contributed by atoms with Gasteiger partial charge in [-0.3, -0.25) is 4.79 Å². The van der Waals surface area contributed by atoms with Crippen molar-refractivity contribution in [2.45, 2.75) is 31.2 Å². The number of carboxylic acid groups (broad SMARTS) is 1. The van der Waals surface area contributed by atoms with Crippen molar-refractivity contribution in [2.75, 3.05) is 5.75 Å². The molecule has 0 saturated carbocycles. The molecule has 1 unspecified atom stereocenters. The Morgan fingerprint density at radius 2 is 1.90 bits per heavy atom. The second kappa shape index (κ2) is 8.32. The van der Waals surface area contributed by atoms with E-state index in [2.05, 4.69) is 21.2 Å². The lowest BCUT2D eigenvalue weighted by molar-refractivity contribution is -0.141. The number of benzene rings is 1. The number of carbonyl (C=O) groups is 2. The van der Waals surface area contributed by atoms with Gasteiger partial charge in [0.05, 0.1) is 5.75 Å². The van der Waals surface area contributed by atoms with Gasteiger partial charge in [0, 0.05) is 9.37 Å². The molecule has 1 atom stereocenters. The average Bonchev–Trinajstić information content (AvgIpc) is 2.36. The molecule has 0 fully saturated rings. The minimum atomic E-state index is -0.985. The van der Waals surface area contributed by atoms with Crippen LogP contribution in [0.3, 0.4) is 0 Å². The zero-order valence-corrected chi connectivity index (χ0v) is 13.8. The van der Waals surface area contributed by atoms with Gasteiger partial charge in [0.1, 0.15) is 6.04 Å². The Morgan fingerprint density at radius 3 is 2.40 bits per heavy atom. The van der Waals surface area contributed by atoms with Gasteiger partial charge in [0.25, 0.3) is 0 Å². The van der Waals surface area contributed by atoms with Gasteiger partial charge in [-0.2, -0.15) is 0 Å². The summed E-state index contributed by atoms with van der Waals surface area (Å²) in [6, 6.07) is 6.81. The standard InChI is InChI=1S/C14H18BrNO3S/c1-9(2)7-12(14(18)19)16-13(17)8-20-11-5-3-10(15)4-6-11/h3-6,9,12H,7-8H2,1-2H3,(H,16,17)(H,18,19). The van der Waals surface area contributed by atoms with Crippen LogP contribution in [0, 0.1) is 5.92 Å². The van der Waals surface area contributed by atoms with E-state index in [0.717, 1.165) is 9.37 Å². The third-order valence-corrected chi connectivity index (χ3v) is 4.06. The highest BCUT2D eigenvalue weighted by atomic mass is 79.9. The van der Waals surface area contributed by atoms with E-state index in [1.54, 1.807) is 0 Å². The SMILES string of the molecule is CC(C)CC(NC(=O)CSc1ccc(Br)cc1)C(=O)O. The quantitative estimate of drug-likeness (QED) is 0.733. The number of hydrogen-bond acceptors (Lipinski definition) is 3. The van der Waals surface area contributed by atoms with Gasteiger partial charge >= 0.3 is 5.97 Å². The molecule has 0 aliphatic heterocycles. The van der Waals surface area contributed by atoms with Crippen LogP contribution in [0.25, 0.3) is 0 Å². The normalized spacial score (nSPS) is 12.2. The Morgan fingerprint density at radius 1 is 1.30 bits per heavy atom. The number of carbonyl (C=O) groups excluding carboxylic acids is 1. The highest BCUT2D eigenvalue weighted by Crippen LogP contribution is 2.20. The number of hydrogen-bond donors (Lipinski definition) is 2. The van der Waals surface area contributed by atoms with Crippen LogP contribution in [0.1, 0.15) is 20.3 Å². The number of aliphatic carboxylic acids is 1. The molecule has 0 bridgehead atoms. The first-order chi connectivity index (χ1) is 9.38. The predicted octanol–water partition coefficient (Wildman–Crippen LogP) is 3.16.